The van der Waals surface area contributed by atoms with Gasteiger partial charge in [0.25, 0.3) is 0 Å². The minimum Gasteiger partial charge on any atom is -0.456 e. The minimum atomic E-state index is -2.21. The van der Waals surface area contributed by atoms with Gasteiger partial charge in [0.2, 0.25) is 0 Å². The molecule has 1 fully saturated rings. The first-order chi connectivity index (χ1) is 28.4. The molecule has 0 amide bonds. The molecule has 8 atom stereocenters. The molecule has 9 heteroatoms. The molecule has 1 aromatic rings. The molecule has 0 N–H and O–H groups in total. The van der Waals surface area contributed by atoms with E-state index in [1.807, 2.05) is 6.92 Å². The van der Waals surface area contributed by atoms with Crippen molar-refractivity contribution in [2.45, 2.75) is 239 Å². The Morgan fingerprint density at radius 1 is 0.902 bits per heavy atom. The molecule has 0 radical (unpaired) electrons. The quantitative estimate of drug-likeness (QED) is 0.0361. The van der Waals surface area contributed by atoms with Crippen LogP contribution in [0.1, 0.15) is 154 Å². The average molecular weight is 900 g/mol. The molecule has 2 rings (SSSR count). The summed E-state index contributed by atoms with van der Waals surface area (Å²) < 4.78 is 35.9. The highest BCUT2D eigenvalue weighted by Crippen LogP contribution is 2.44. The van der Waals surface area contributed by atoms with E-state index < -0.39 is 30.6 Å². The number of hydrogen-bond donors (Lipinski definition) is 0. The summed E-state index contributed by atoms with van der Waals surface area (Å²) in [6, 6.07) is 16.9. The van der Waals surface area contributed by atoms with Crippen molar-refractivity contribution in [1.82, 2.24) is 0 Å². The fourth-order valence-electron chi connectivity index (χ4n) is 9.00. The maximum Gasteiger partial charge on any atom is 0.330 e. The zero-order valence-corrected chi connectivity index (χ0v) is 45.5. The van der Waals surface area contributed by atoms with Gasteiger partial charge in [-0.05, 0) is 118 Å². The van der Waals surface area contributed by atoms with Gasteiger partial charge in [0, 0.05) is 18.9 Å². The van der Waals surface area contributed by atoms with Gasteiger partial charge in [0.1, 0.15) is 6.10 Å². The molecule has 0 saturated carbocycles. The Balaban J connectivity index is 2.67. The van der Waals surface area contributed by atoms with E-state index >= 15 is 0 Å². The first kappa shape index (κ1) is 55.5. The van der Waals surface area contributed by atoms with Gasteiger partial charge < -0.3 is 22.8 Å². The molecule has 61 heavy (non-hydrogen) atoms. The van der Waals surface area contributed by atoms with Gasteiger partial charge in [-0.3, -0.25) is 0 Å². The molecular weight excluding hydrogens is 805 g/mol. The van der Waals surface area contributed by atoms with Crippen LogP contribution < -0.4 is 0 Å². The van der Waals surface area contributed by atoms with Gasteiger partial charge >= 0.3 is 5.97 Å². The molecule has 6 nitrogen and oxygen atoms in total. The van der Waals surface area contributed by atoms with Crippen LogP contribution in [0.2, 0.25) is 54.4 Å². The number of carbonyl (C=O) groups is 1. The number of rotatable bonds is 28. The largest absolute Gasteiger partial charge is 0.456 e. The summed E-state index contributed by atoms with van der Waals surface area (Å²) in [5.41, 5.74) is 1.40. The molecule has 1 saturated heterocycles. The van der Waals surface area contributed by atoms with Crippen molar-refractivity contribution in [3.05, 3.63) is 66.3 Å². The van der Waals surface area contributed by atoms with Gasteiger partial charge in [-0.2, -0.15) is 0 Å². The molecule has 1 aromatic carbocycles. The van der Waals surface area contributed by atoms with Crippen molar-refractivity contribution in [1.29, 1.82) is 0 Å². The van der Waals surface area contributed by atoms with Crippen LogP contribution in [0.3, 0.4) is 0 Å². The molecule has 0 bridgehead atoms. The lowest BCUT2D eigenvalue weighted by atomic mass is 9.84. The summed E-state index contributed by atoms with van der Waals surface area (Å²) in [5, 5.41) is 0.0442. The van der Waals surface area contributed by atoms with E-state index in [0.29, 0.717) is 0 Å². The van der Waals surface area contributed by atoms with Crippen LogP contribution in [0.25, 0.3) is 6.08 Å². The predicted octanol–water partition coefficient (Wildman–Crippen LogP) is 15.5. The van der Waals surface area contributed by atoms with Crippen molar-refractivity contribution in [3.63, 3.8) is 0 Å². The van der Waals surface area contributed by atoms with E-state index in [9.17, 15) is 4.79 Å². The number of esters is 1. The van der Waals surface area contributed by atoms with E-state index in [4.69, 9.17) is 22.8 Å². The second-order valence-electron chi connectivity index (χ2n) is 20.9. The van der Waals surface area contributed by atoms with E-state index in [2.05, 4.69) is 165 Å². The lowest BCUT2D eigenvalue weighted by Gasteiger charge is -2.51. The highest BCUT2D eigenvalue weighted by atomic mass is 28.4. The molecular formula is C52H94O6Si3. The molecule has 0 aliphatic carbocycles. The molecule has 0 spiro atoms. The molecule has 0 unspecified atom stereocenters. The van der Waals surface area contributed by atoms with Crippen molar-refractivity contribution in [3.8, 4) is 0 Å². The molecule has 1 aliphatic heterocycles. The van der Waals surface area contributed by atoms with Gasteiger partial charge in [-0.15, -0.1) is 6.58 Å². The summed E-state index contributed by atoms with van der Waals surface area (Å²) >= 11 is 0. The Kier molecular flexibility index (Phi) is 22.4. The maximum absolute atomic E-state index is 13.7. The van der Waals surface area contributed by atoms with Crippen LogP contribution in [0.15, 0.2) is 60.7 Å². The maximum atomic E-state index is 13.7. The zero-order valence-electron chi connectivity index (χ0n) is 42.5. The van der Waals surface area contributed by atoms with Crippen LogP contribution in [0.5, 0.6) is 0 Å². The standard InChI is InChI=1S/C52H94O6Si3/c1-19-37-51(15)39-47(45(55-51)35-31-41(8)9)54-49(53)36-32-42(10)38-48(57-60(20-2,21-3)22-4)52(16,58-61(23-5,24-6)25-7)40-46(56-59(17,18)50(12,13)14)43(11)33-34-44-29-27-26-28-30-44/h26-30,32-34,36,42-43,45-48H,8,19-25,31,35,37-40H2,1-7,9-18H3/b34-33+,36-32+/t42-,43-,45+,46+,47-,48+,51-,52-/m1/s1. The number of ether oxygens (including phenoxy) is 2. The second kappa shape index (κ2) is 24.6. The van der Waals surface area contributed by atoms with Crippen molar-refractivity contribution in [2.24, 2.45) is 11.8 Å². The Labute approximate surface area is 379 Å². The Morgan fingerprint density at radius 2 is 1.48 bits per heavy atom. The third kappa shape index (κ3) is 16.7. The van der Waals surface area contributed by atoms with Crippen molar-refractivity contribution < 1.29 is 27.5 Å². The number of allylic oxidation sites excluding steroid dienone is 2. The number of hydrogen-bond acceptors (Lipinski definition) is 6. The van der Waals surface area contributed by atoms with Crippen LogP contribution in [0.4, 0.5) is 0 Å². The normalized spacial score (nSPS) is 22.3. The van der Waals surface area contributed by atoms with Crippen LogP contribution >= 0.6 is 0 Å². The smallest absolute Gasteiger partial charge is 0.330 e. The van der Waals surface area contributed by atoms with Gasteiger partial charge in [0.05, 0.1) is 29.5 Å². The second-order valence-corrected chi connectivity index (χ2v) is 35.0. The lowest BCUT2D eigenvalue weighted by Crippen LogP contribution is -2.58. The zero-order chi connectivity index (χ0) is 46.3. The fourth-order valence-corrected chi connectivity index (χ4v) is 16.5. The van der Waals surface area contributed by atoms with E-state index in [1.165, 1.54) is 5.56 Å². The lowest BCUT2D eigenvalue weighted by molar-refractivity contribution is -0.146. The Morgan fingerprint density at radius 3 is 1.98 bits per heavy atom. The highest BCUT2D eigenvalue weighted by Gasteiger charge is 2.50. The topological polar surface area (TPSA) is 63.2 Å². The number of benzene rings is 1. The third-order valence-electron chi connectivity index (χ3n) is 14.8. The SMILES string of the molecule is C=C(C)CC[C@@H]1O[C@](C)(CCC)C[C@H]1OC(=O)/C=C/[C@@H](C)C[C@H](O[Si](CC)(CC)CC)[C@@](C)(C[C@H](O[Si](C)(C)C(C)(C)C)[C@H](C)/C=C/c1ccccc1)O[Si](CC)(CC)CC. The van der Waals surface area contributed by atoms with Crippen molar-refractivity contribution in [2.75, 3.05) is 0 Å². The summed E-state index contributed by atoms with van der Waals surface area (Å²) in [6.45, 7) is 43.1. The Hall–Kier alpha value is -1.60. The summed E-state index contributed by atoms with van der Waals surface area (Å²) in [5.74, 6) is -0.124. The third-order valence-corrected chi connectivity index (χ3v) is 28.7. The predicted molar refractivity (Wildman–Crippen MR) is 270 cm³/mol. The van der Waals surface area contributed by atoms with E-state index in [1.54, 1.807) is 6.08 Å². The van der Waals surface area contributed by atoms with Gasteiger partial charge in [-0.25, -0.2) is 4.79 Å². The van der Waals surface area contributed by atoms with Crippen molar-refractivity contribution >= 4 is 37.0 Å². The molecule has 0 aromatic heterocycles. The summed E-state index contributed by atoms with van der Waals surface area (Å²) in [6.07, 6.45) is 13.5. The monoisotopic (exact) mass is 899 g/mol. The van der Waals surface area contributed by atoms with Crippen LogP contribution in [0, 0.1) is 11.8 Å². The first-order valence-electron chi connectivity index (χ1n) is 24.4. The van der Waals surface area contributed by atoms with E-state index in [-0.39, 0.29) is 52.9 Å². The van der Waals surface area contributed by atoms with Crippen LogP contribution in [-0.2, 0) is 27.5 Å². The fraction of sp³-hybridized carbons (Fsp3) is 0.750. The highest BCUT2D eigenvalue weighted by molar-refractivity contribution is 6.74. The van der Waals surface area contributed by atoms with E-state index in [0.717, 1.165) is 86.8 Å². The first-order valence-corrected chi connectivity index (χ1v) is 32.4. The van der Waals surface area contributed by atoms with Crippen LogP contribution in [-0.4, -0.2) is 66.5 Å². The number of carbonyl (C=O) groups excluding carboxylic acids is 1. The minimum absolute atomic E-state index is 0.0400. The summed E-state index contributed by atoms with van der Waals surface area (Å²) in [7, 11) is -6.52. The molecule has 1 heterocycles. The summed E-state index contributed by atoms with van der Waals surface area (Å²) in [4.78, 5) is 13.7. The molecule has 350 valence electrons. The Bertz CT molecular complexity index is 1500. The van der Waals surface area contributed by atoms with Gasteiger partial charge in [-0.1, -0.05) is 144 Å². The molecule has 1 aliphatic rings. The van der Waals surface area contributed by atoms with Gasteiger partial charge in [0.15, 0.2) is 25.0 Å². The average Bonchev–Trinajstić information content (AvgIpc) is 3.52.